The van der Waals surface area contributed by atoms with Gasteiger partial charge in [-0.2, -0.15) is 0 Å². The monoisotopic (exact) mass is 208 g/mol. The average Bonchev–Trinajstić information content (AvgIpc) is 2.70. The molecule has 1 aliphatic heterocycles. The largest absolute Gasteiger partial charge is 0.455 e. The van der Waals surface area contributed by atoms with E-state index in [1.165, 1.54) is 0 Å². The van der Waals surface area contributed by atoms with E-state index in [0.717, 1.165) is 6.42 Å². The molecule has 0 bridgehead atoms. The van der Waals surface area contributed by atoms with Crippen LogP contribution >= 0.6 is 0 Å². The van der Waals surface area contributed by atoms with Crippen LogP contribution in [0, 0.1) is 0 Å². The highest BCUT2D eigenvalue weighted by Gasteiger charge is 2.21. The Bertz CT molecular complexity index is 361. The summed E-state index contributed by atoms with van der Waals surface area (Å²) < 4.78 is 10.3. The van der Waals surface area contributed by atoms with Crippen molar-refractivity contribution >= 4 is 11.8 Å². The minimum atomic E-state index is -0.446. The summed E-state index contributed by atoms with van der Waals surface area (Å²) in [5.74, 6) is -0.134. The summed E-state index contributed by atoms with van der Waals surface area (Å²) in [7, 11) is 0. The third-order valence-corrected chi connectivity index (χ3v) is 2.14. The van der Waals surface area contributed by atoms with Crippen LogP contribution in [0.1, 0.15) is 16.9 Å². The Balaban J connectivity index is 2.01. The molecule has 2 N–H and O–H groups in total. The zero-order valence-electron chi connectivity index (χ0n) is 8.18. The molecule has 0 aliphatic carbocycles. The van der Waals surface area contributed by atoms with Gasteiger partial charge in [-0.3, -0.25) is 0 Å². The summed E-state index contributed by atoms with van der Waals surface area (Å²) >= 11 is 0. The zero-order valence-corrected chi connectivity index (χ0v) is 8.18. The molecule has 0 radical (unpaired) electrons. The molecule has 1 atom stereocenters. The fourth-order valence-electron chi connectivity index (χ4n) is 1.38. The lowest BCUT2D eigenvalue weighted by Crippen LogP contribution is -2.19. The first-order valence-electron chi connectivity index (χ1n) is 4.77. The Morgan fingerprint density at radius 2 is 2.47 bits per heavy atom. The average molecular weight is 208 g/mol. The third-order valence-electron chi connectivity index (χ3n) is 2.14. The number of pyridine rings is 1. The molecule has 1 unspecified atom stereocenters. The summed E-state index contributed by atoms with van der Waals surface area (Å²) in [5.41, 5.74) is 5.70. The number of ether oxygens (including phenoxy) is 2. The molecule has 15 heavy (non-hydrogen) atoms. The molecule has 2 rings (SSSR count). The zero-order chi connectivity index (χ0) is 10.7. The fourth-order valence-corrected chi connectivity index (χ4v) is 1.38. The van der Waals surface area contributed by atoms with Crippen molar-refractivity contribution in [3.05, 3.63) is 23.9 Å². The number of carbonyl (C=O) groups is 1. The van der Waals surface area contributed by atoms with Crippen molar-refractivity contribution in [3.63, 3.8) is 0 Å². The molecule has 1 saturated heterocycles. The van der Waals surface area contributed by atoms with Crippen molar-refractivity contribution in [3.8, 4) is 0 Å². The van der Waals surface area contributed by atoms with Crippen LogP contribution in [0.5, 0.6) is 0 Å². The molecule has 0 spiro atoms. The van der Waals surface area contributed by atoms with Gasteiger partial charge in [-0.05, 0) is 12.1 Å². The molecule has 0 amide bonds. The second kappa shape index (κ2) is 4.27. The first-order valence-corrected chi connectivity index (χ1v) is 4.77. The molecular weight excluding hydrogens is 196 g/mol. The maximum absolute atomic E-state index is 11.6. The van der Waals surface area contributed by atoms with E-state index >= 15 is 0 Å². The minimum absolute atomic E-state index is 0.152. The van der Waals surface area contributed by atoms with Gasteiger partial charge in [-0.1, -0.05) is 6.07 Å². The van der Waals surface area contributed by atoms with E-state index in [1.54, 1.807) is 18.2 Å². The van der Waals surface area contributed by atoms with Crippen LogP contribution in [-0.2, 0) is 9.47 Å². The number of nitrogens with two attached hydrogens (primary N) is 1. The van der Waals surface area contributed by atoms with Crippen LogP contribution < -0.4 is 5.73 Å². The quantitative estimate of drug-likeness (QED) is 0.721. The first-order chi connectivity index (χ1) is 7.25. The fraction of sp³-hybridized carbons (Fsp3) is 0.400. The highest BCUT2D eigenvalue weighted by molar-refractivity contribution is 5.87. The molecule has 80 valence electrons. The lowest BCUT2D eigenvalue weighted by atomic mass is 10.3. The van der Waals surface area contributed by atoms with Gasteiger partial charge in [-0.25, -0.2) is 9.78 Å². The van der Waals surface area contributed by atoms with Gasteiger partial charge in [0.2, 0.25) is 0 Å². The van der Waals surface area contributed by atoms with Crippen molar-refractivity contribution in [2.75, 3.05) is 18.9 Å². The maximum atomic E-state index is 11.6. The molecule has 0 aromatic carbocycles. The van der Waals surface area contributed by atoms with Gasteiger partial charge in [0.15, 0.2) is 5.69 Å². The third kappa shape index (κ3) is 2.44. The SMILES string of the molecule is Nc1cccc(C(=O)OC2CCOC2)n1. The number of anilines is 1. The maximum Gasteiger partial charge on any atom is 0.357 e. The highest BCUT2D eigenvalue weighted by atomic mass is 16.6. The van der Waals surface area contributed by atoms with Gasteiger partial charge in [0.25, 0.3) is 0 Å². The number of hydrogen-bond acceptors (Lipinski definition) is 5. The van der Waals surface area contributed by atoms with E-state index in [-0.39, 0.29) is 11.8 Å². The van der Waals surface area contributed by atoms with Gasteiger partial charge in [0.05, 0.1) is 13.2 Å². The van der Waals surface area contributed by atoms with Crippen molar-refractivity contribution in [2.45, 2.75) is 12.5 Å². The second-order valence-corrected chi connectivity index (χ2v) is 3.34. The van der Waals surface area contributed by atoms with Crippen molar-refractivity contribution < 1.29 is 14.3 Å². The van der Waals surface area contributed by atoms with E-state index < -0.39 is 5.97 Å². The van der Waals surface area contributed by atoms with Crippen LogP contribution in [0.15, 0.2) is 18.2 Å². The van der Waals surface area contributed by atoms with Crippen LogP contribution in [-0.4, -0.2) is 30.3 Å². The molecule has 1 aromatic heterocycles. The number of esters is 1. The van der Waals surface area contributed by atoms with Gasteiger partial charge < -0.3 is 15.2 Å². The Labute approximate surface area is 87.2 Å². The smallest absolute Gasteiger partial charge is 0.357 e. The normalized spacial score (nSPS) is 20.1. The first kappa shape index (κ1) is 9.92. The minimum Gasteiger partial charge on any atom is -0.455 e. The summed E-state index contributed by atoms with van der Waals surface area (Å²) in [4.78, 5) is 15.4. The summed E-state index contributed by atoms with van der Waals surface area (Å²) in [5, 5.41) is 0. The molecular formula is C10H12N2O3. The van der Waals surface area contributed by atoms with Crippen LogP contribution in [0.2, 0.25) is 0 Å². The summed E-state index contributed by atoms with van der Waals surface area (Å²) in [6.45, 7) is 1.11. The molecule has 5 heteroatoms. The molecule has 0 saturated carbocycles. The molecule has 1 aromatic rings. The van der Waals surface area contributed by atoms with E-state index in [0.29, 0.717) is 19.0 Å². The number of nitrogens with zero attached hydrogens (tertiary/aromatic N) is 1. The Morgan fingerprint density at radius 3 is 3.13 bits per heavy atom. The molecule has 1 aliphatic rings. The summed E-state index contributed by atoms with van der Waals surface area (Å²) in [6.07, 6.45) is 0.592. The Morgan fingerprint density at radius 1 is 1.60 bits per heavy atom. The van der Waals surface area contributed by atoms with Crippen molar-refractivity contribution in [1.82, 2.24) is 4.98 Å². The van der Waals surface area contributed by atoms with Gasteiger partial charge >= 0.3 is 5.97 Å². The number of rotatable bonds is 2. The van der Waals surface area contributed by atoms with E-state index in [4.69, 9.17) is 15.2 Å². The van der Waals surface area contributed by atoms with Crippen LogP contribution in [0.3, 0.4) is 0 Å². The standard InChI is InChI=1S/C10H12N2O3/c11-9-3-1-2-8(12-9)10(13)15-7-4-5-14-6-7/h1-3,7H,4-6H2,(H2,11,12). The predicted molar refractivity (Wildman–Crippen MR) is 53.3 cm³/mol. The number of aromatic nitrogens is 1. The van der Waals surface area contributed by atoms with Crippen molar-refractivity contribution in [1.29, 1.82) is 0 Å². The van der Waals surface area contributed by atoms with Crippen LogP contribution in [0.4, 0.5) is 5.82 Å². The van der Waals surface area contributed by atoms with E-state index in [1.807, 2.05) is 0 Å². The number of nitrogen functional groups attached to an aromatic ring is 1. The van der Waals surface area contributed by atoms with Crippen molar-refractivity contribution in [2.24, 2.45) is 0 Å². The predicted octanol–water partition coefficient (Wildman–Crippen LogP) is 0.609. The number of carbonyl (C=O) groups excluding carboxylic acids is 1. The van der Waals surface area contributed by atoms with Gasteiger partial charge in [0.1, 0.15) is 11.9 Å². The Kier molecular flexibility index (Phi) is 2.82. The van der Waals surface area contributed by atoms with E-state index in [9.17, 15) is 4.79 Å². The molecule has 1 fully saturated rings. The lowest BCUT2D eigenvalue weighted by molar-refractivity contribution is 0.0264. The van der Waals surface area contributed by atoms with Gasteiger partial charge in [0, 0.05) is 6.42 Å². The van der Waals surface area contributed by atoms with Crippen LogP contribution in [0.25, 0.3) is 0 Å². The van der Waals surface area contributed by atoms with Gasteiger partial charge in [-0.15, -0.1) is 0 Å². The second-order valence-electron chi connectivity index (χ2n) is 3.34. The summed E-state index contributed by atoms with van der Waals surface area (Å²) in [6, 6.07) is 4.87. The molecule has 5 nitrogen and oxygen atoms in total. The topological polar surface area (TPSA) is 74.4 Å². The highest BCUT2D eigenvalue weighted by Crippen LogP contribution is 2.11. The lowest BCUT2D eigenvalue weighted by Gasteiger charge is -2.09. The number of hydrogen-bond donors (Lipinski definition) is 1. The van der Waals surface area contributed by atoms with E-state index in [2.05, 4.69) is 4.98 Å². The molecule has 2 heterocycles. The Hall–Kier alpha value is -1.62.